The molecular weight excluding hydrogens is 372 g/mol. The second-order valence-corrected chi connectivity index (χ2v) is 7.46. The lowest BCUT2D eigenvalue weighted by Crippen LogP contribution is -3.06. The van der Waals surface area contributed by atoms with Gasteiger partial charge in [-0.25, -0.2) is 4.98 Å². The molecule has 0 aliphatic heterocycles. The number of aromatic nitrogens is 1. The molecule has 1 aromatic heterocycles. The zero-order valence-electron chi connectivity index (χ0n) is 16.8. The summed E-state index contributed by atoms with van der Waals surface area (Å²) in [6, 6.07) is 14.2. The molecule has 1 heterocycles. The summed E-state index contributed by atoms with van der Waals surface area (Å²) < 4.78 is 16.2. The predicted octanol–water partition coefficient (Wildman–Crippen LogP) is 3.44. The summed E-state index contributed by atoms with van der Waals surface area (Å²) in [7, 11) is 5.47. The molecule has 3 aromatic rings. The van der Waals surface area contributed by atoms with Gasteiger partial charge in [0.2, 0.25) is 0 Å². The van der Waals surface area contributed by atoms with Crippen molar-refractivity contribution in [2.24, 2.45) is 0 Å². The van der Waals surface area contributed by atoms with Crippen molar-refractivity contribution in [2.75, 3.05) is 27.9 Å². The van der Waals surface area contributed by atoms with Crippen LogP contribution in [-0.2, 0) is 13.1 Å². The molecule has 1 unspecified atom stereocenters. The molecule has 0 bridgehead atoms. The average Bonchev–Trinajstić information content (AvgIpc) is 3.17. The minimum atomic E-state index is 0.691. The number of ether oxygens (including phenoxy) is 3. The molecule has 1 atom stereocenters. The van der Waals surface area contributed by atoms with E-state index >= 15 is 0 Å². The third kappa shape index (κ3) is 5.03. The van der Waals surface area contributed by atoms with Crippen LogP contribution in [0.1, 0.15) is 18.2 Å². The number of benzene rings is 2. The van der Waals surface area contributed by atoms with Crippen LogP contribution < -0.4 is 19.1 Å². The van der Waals surface area contributed by atoms with Crippen LogP contribution in [0.2, 0.25) is 0 Å². The number of quaternary nitrogens is 1. The fourth-order valence-electron chi connectivity index (χ4n) is 3.08. The zero-order chi connectivity index (χ0) is 19.9. The first-order valence-corrected chi connectivity index (χ1v) is 10.2. The highest BCUT2D eigenvalue weighted by molar-refractivity contribution is 7.13. The maximum absolute atomic E-state index is 5.51. The molecule has 0 amide bonds. The van der Waals surface area contributed by atoms with Gasteiger partial charge in [-0.3, -0.25) is 0 Å². The molecule has 148 valence electrons. The van der Waals surface area contributed by atoms with Gasteiger partial charge in [-0.1, -0.05) is 0 Å². The molecule has 0 spiro atoms. The standard InChI is InChI=1S/C22H26N2O3S/c1-5-27-19-9-6-16(7-10-19)13-24(2)14-18-15-28-22(23-18)17-8-11-20(25-3)21(12-17)26-4/h6-12,15H,5,13-14H2,1-4H3/p+1. The van der Waals surface area contributed by atoms with Crippen LogP contribution in [0.4, 0.5) is 0 Å². The Morgan fingerprint density at radius 1 is 0.964 bits per heavy atom. The summed E-state index contributed by atoms with van der Waals surface area (Å²) in [6.45, 7) is 4.50. The van der Waals surface area contributed by atoms with Gasteiger partial charge in [0.05, 0.1) is 27.9 Å². The van der Waals surface area contributed by atoms with Gasteiger partial charge >= 0.3 is 0 Å². The summed E-state index contributed by atoms with van der Waals surface area (Å²) in [6.07, 6.45) is 0. The maximum Gasteiger partial charge on any atom is 0.161 e. The van der Waals surface area contributed by atoms with Crippen LogP contribution in [0.25, 0.3) is 10.6 Å². The molecular formula is C22H27N2O3S+. The number of nitrogens with zero attached hydrogens (tertiary/aromatic N) is 1. The van der Waals surface area contributed by atoms with Gasteiger partial charge in [-0.2, -0.15) is 0 Å². The molecule has 3 rings (SSSR count). The second-order valence-electron chi connectivity index (χ2n) is 6.60. The molecule has 1 N–H and O–H groups in total. The van der Waals surface area contributed by atoms with E-state index in [2.05, 4.69) is 24.6 Å². The van der Waals surface area contributed by atoms with E-state index in [1.165, 1.54) is 10.5 Å². The molecule has 6 heteroatoms. The van der Waals surface area contributed by atoms with E-state index in [4.69, 9.17) is 19.2 Å². The van der Waals surface area contributed by atoms with Gasteiger partial charge in [-0.05, 0) is 49.4 Å². The van der Waals surface area contributed by atoms with Crippen molar-refractivity contribution in [3.63, 3.8) is 0 Å². The van der Waals surface area contributed by atoms with Gasteiger partial charge in [0.15, 0.2) is 11.5 Å². The summed E-state index contributed by atoms with van der Waals surface area (Å²) >= 11 is 1.65. The molecule has 0 saturated heterocycles. The summed E-state index contributed by atoms with van der Waals surface area (Å²) in [4.78, 5) is 6.20. The van der Waals surface area contributed by atoms with Gasteiger partial charge in [0.25, 0.3) is 0 Å². The van der Waals surface area contributed by atoms with Gasteiger partial charge in [-0.15, -0.1) is 11.3 Å². The summed E-state index contributed by atoms with van der Waals surface area (Å²) in [5, 5.41) is 3.12. The maximum atomic E-state index is 5.51. The lowest BCUT2D eigenvalue weighted by molar-refractivity contribution is -0.908. The van der Waals surface area contributed by atoms with Crippen molar-refractivity contribution >= 4 is 11.3 Å². The van der Waals surface area contributed by atoms with Crippen molar-refractivity contribution in [2.45, 2.75) is 20.0 Å². The van der Waals surface area contributed by atoms with E-state index in [9.17, 15) is 0 Å². The molecule has 28 heavy (non-hydrogen) atoms. The minimum absolute atomic E-state index is 0.691. The van der Waals surface area contributed by atoms with Crippen LogP contribution in [0.5, 0.6) is 17.2 Å². The Morgan fingerprint density at radius 3 is 2.39 bits per heavy atom. The molecule has 0 fully saturated rings. The van der Waals surface area contributed by atoms with Crippen LogP contribution in [0, 0.1) is 0 Å². The van der Waals surface area contributed by atoms with Crippen molar-refractivity contribution in [1.29, 1.82) is 0 Å². The van der Waals surface area contributed by atoms with Crippen LogP contribution >= 0.6 is 11.3 Å². The number of nitrogens with one attached hydrogen (secondary N) is 1. The summed E-state index contributed by atoms with van der Waals surface area (Å²) in [5.74, 6) is 2.36. The number of methoxy groups -OCH3 is 2. The average molecular weight is 400 g/mol. The van der Waals surface area contributed by atoms with Crippen molar-refractivity contribution in [3.05, 3.63) is 59.1 Å². The quantitative estimate of drug-likeness (QED) is 0.599. The van der Waals surface area contributed by atoms with E-state index in [-0.39, 0.29) is 0 Å². The topological polar surface area (TPSA) is 45.0 Å². The first-order valence-electron chi connectivity index (χ1n) is 9.32. The Morgan fingerprint density at radius 2 is 1.71 bits per heavy atom. The van der Waals surface area contributed by atoms with Crippen molar-refractivity contribution in [3.8, 4) is 27.8 Å². The Kier molecular flexibility index (Phi) is 6.90. The molecule has 0 aliphatic carbocycles. The molecule has 0 aliphatic rings. The van der Waals surface area contributed by atoms with Crippen LogP contribution in [0.3, 0.4) is 0 Å². The Bertz CT molecular complexity index is 893. The predicted molar refractivity (Wildman–Crippen MR) is 113 cm³/mol. The highest BCUT2D eigenvalue weighted by atomic mass is 32.1. The zero-order valence-corrected chi connectivity index (χ0v) is 17.6. The Balaban J connectivity index is 1.64. The van der Waals surface area contributed by atoms with Gasteiger partial charge in [0, 0.05) is 16.5 Å². The molecule has 2 aromatic carbocycles. The molecule has 0 radical (unpaired) electrons. The van der Waals surface area contributed by atoms with Crippen molar-refractivity contribution < 1.29 is 19.1 Å². The number of hydrogen-bond acceptors (Lipinski definition) is 5. The molecule has 0 saturated carbocycles. The normalized spacial score (nSPS) is 11.9. The fraction of sp³-hybridized carbons (Fsp3) is 0.318. The number of rotatable bonds is 9. The highest BCUT2D eigenvalue weighted by Gasteiger charge is 2.12. The monoisotopic (exact) mass is 399 g/mol. The highest BCUT2D eigenvalue weighted by Crippen LogP contribution is 2.33. The van der Waals surface area contributed by atoms with Crippen molar-refractivity contribution in [1.82, 2.24) is 4.98 Å². The lowest BCUT2D eigenvalue weighted by atomic mass is 10.2. The molecule has 5 nitrogen and oxygen atoms in total. The van der Waals surface area contributed by atoms with Gasteiger partial charge in [0.1, 0.15) is 29.5 Å². The minimum Gasteiger partial charge on any atom is -0.494 e. The second kappa shape index (κ2) is 9.57. The van der Waals surface area contributed by atoms with Gasteiger partial charge < -0.3 is 19.1 Å². The van der Waals surface area contributed by atoms with E-state index in [0.717, 1.165) is 46.6 Å². The Hall–Kier alpha value is -2.57. The van der Waals surface area contributed by atoms with E-state index < -0.39 is 0 Å². The van der Waals surface area contributed by atoms with E-state index in [1.54, 1.807) is 25.6 Å². The largest absolute Gasteiger partial charge is 0.494 e. The fourth-order valence-corrected chi connectivity index (χ4v) is 3.90. The first kappa shape index (κ1) is 20.2. The summed E-state index contributed by atoms with van der Waals surface area (Å²) in [5.41, 5.74) is 3.42. The van der Waals surface area contributed by atoms with Crippen LogP contribution in [-0.4, -0.2) is 32.9 Å². The number of hydrogen-bond donors (Lipinski definition) is 1. The first-order chi connectivity index (χ1) is 13.6. The Labute approximate surface area is 170 Å². The third-order valence-electron chi connectivity index (χ3n) is 4.41. The third-order valence-corrected chi connectivity index (χ3v) is 5.35. The van der Waals surface area contributed by atoms with E-state index in [1.807, 2.05) is 37.3 Å². The smallest absolute Gasteiger partial charge is 0.161 e. The lowest BCUT2D eigenvalue weighted by Gasteiger charge is -2.13. The SMILES string of the molecule is CCOc1ccc(C[NH+](C)Cc2csc(-c3ccc(OC)c(OC)c3)n2)cc1. The number of thiazole rings is 1. The van der Waals surface area contributed by atoms with Crippen LogP contribution in [0.15, 0.2) is 47.8 Å². The van der Waals surface area contributed by atoms with E-state index in [0.29, 0.717) is 6.61 Å².